The van der Waals surface area contributed by atoms with Crippen molar-refractivity contribution in [1.82, 2.24) is 5.32 Å². The first-order chi connectivity index (χ1) is 15.1. The molecule has 3 rings (SSSR count). The molecule has 0 spiro atoms. The van der Waals surface area contributed by atoms with Gasteiger partial charge in [0.1, 0.15) is 6.61 Å². The molecule has 168 valence electrons. The summed E-state index contributed by atoms with van der Waals surface area (Å²) in [5.41, 5.74) is 3.63. The molecule has 8 heteroatoms. The fourth-order valence-electron chi connectivity index (χ4n) is 3.79. The summed E-state index contributed by atoms with van der Waals surface area (Å²) < 4.78 is 20.6. The highest BCUT2D eigenvalue weighted by Gasteiger charge is 2.39. The third kappa shape index (κ3) is 7.53. The lowest BCUT2D eigenvalue weighted by Crippen LogP contribution is -2.46. The number of hydrogen-bond donors (Lipinski definition) is 3. The molecule has 0 amide bonds. The molecular formula is C23H31ClN2O4P+. The average molecular weight is 466 g/mol. The van der Waals surface area contributed by atoms with Crippen LogP contribution in [0.15, 0.2) is 48.5 Å². The number of rotatable bonds is 14. The van der Waals surface area contributed by atoms with Crippen LogP contribution < -0.4 is 10.6 Å². The van der Waals surface area contributed by atoms with E-state index in [1.807, 2.05) is 12.1 Å². The predicted molar refractivity (Wildman–Crippen MR) is 125 cm³/mol. The quantitative estimate of drug-likeness (QED) is 0.268. The molecular weight excluding hydrogens is 435 g/mol. The van der Waals surface area contributed by atoms with E-state index in [1.165, 1.54) is 5.56 Å². The van der Waals surface area contributed by atoms with Crippen LogP contribution >= 0.6 is 19.9 Å². The summed E-state index contributed by atoms with van der Waals surface area (Å²) in [5, 5.41) is 7.44. The van der Waals surface area contributed by atoms with Crippen LogP contribution in [0, 0.1) is 0 Å². The highest BCUT2D eigenvalue weighted by Crippen LogP contribution is 2.37. The zero-order chi connectivity index (χ0) is 21.9. The molecule has 1 aliphatic heterocycles. The van der Waals surface area contributed by atoms with Gasteiger partial charge in [0, 0.05) is 23.1 Å². The number of ether oxygens (including phenoxy) is 1. The van der Waals surface area contributed by atoms with E-state index >= 15 is 0 Å². The Kier molecular flexibility index (Phi) is 9.72. The van der Waals surface area contributed by atoms with Crippen LogP contribution in [0.25, 0.3) is 0 Å². The molecule has 0 aliphatic carbocycles. The fraction of sp³-hybridized carbons (Fsp3) is 0.478. The summed E-state index contributed by atoms with van der Waals surface area (Å²) in [6.45, 7) is 4.18. The maximum atomic E-state index is 10.4. The minimum Gasteiger partial charge on any atom is -0.384 e. The normalized spacial score (nSPS) is 15.4. The van der Waals surface area contributed by atoms with Crippen LogP contribution in [0.5, 0.6) is 0 Å². The van der Waals surface area contributed by atoms with Crippen molar-refractivity contribution in [1.29, 1.82) is 0 Å². The van der Waals surface area contributed by atoms with Gasteiger partial charge in [-0.15, -0.1) is 9.42 Å². The molecule has 1 heterocycles. The molecule has 0 radical (unpaired) electrons. The van der Waals surface area contributed by atoms with E-state index in [2.05, 4.69) is 51.6 Å². The predicted octanol–water partition coefficient (Wildman–Crippen LogP) is 5.04. The Hall–Kier alpha value is -1.53. The van der Waals surface area contributed by atoms with Gasteiger partial charge in [0.25, 0.3) is 0 Å². The van der Waals surface area contributed by atoms with E-state index in [1.54, 1.807) is 0 Å². The van der Waals surface area contributed by atoms with E-state index in [-0.39, 0.29) is 12.0 Å². The van der Waals surface area contributed by atoms with Crippen molar-refractivity contribution >= 4 is 25.5 Å². The summed E-state index contributed by atoms with van der Waals surface area (Å²) in [6.07, 6.45) is 4.03. The van der Waals surface area contributed by atoms with Crippen molar-refractivity contribution in [3.63, 3.8) is 0 Å². The Labute approximate surface area is 190 Å². The van der Waals surface area contributed by atoms with Crippen LogP contribution in [-0.2, 0) is 25.8 Å². The highest BCUT2D eigenvalue weighted by molar-refractivity contribution is 7.32. The Balaban J connectivity index is 1.34. The van der Waals surface area contributed by atoms with Crippen molar-refractivity contribution in [3.05, 3.63) is 64.7 Å². The molecule has 0 aromatic heterocycles. The second kappa shape index (κ2) is 12.5. The maximum Gasteiger partial charge on any atom is 0.694 e. The van der Waals surface area contributed by atoms with Crippen molar-refractivity contribution < 1.29 is 18.7 Å². The minimum atomic E-state index is -2.50. The molecule has 0 saturated carbocycles. The van der Waals surface area contributed by atoms with Crippen molar-refractivity contribution in [2.24, 2.45) is 0 Å². The SMILES string of the molecule is O=[P+](O)OCCCNCc1ccc(NCCCCC2(c3ccccc3)COC2)c(Cl)c1. The van der Waals surface area contributed by atoms with Gasteiger partial charge >= 0.3 is 8.25 Å². The summed E-state index contributed by atoms with van der Waals surface area (Å²) in [4.78, 5) is 8.57. The average Bonchev–Trinajstić information content (AvgIpc) is 2.73. The van der Waals surface area contributed by atoms with Crippen LogP contribution in [0.3, 0.4) is 0 Å². The van der Waals surface area contributed by atoms with Crippen LogP contribution in [-0.4, -0.2) is 37.8 Å². The Morgan fingerprint density at radius 3 is 2.58 bits per heavy atom. The zero-order valence-electron chi connectivity index (χ0n) is 17.7. The summed E-state index contributed by atoms with van der Waals surface area (Å²) in [5.74, 6) is 0. The highest BCUT2D eigenvalue weighted by atomic mass is 35.5. The molecule has 6 nitrogen and oxygen atoms in total. The number of nitrogens with one attached hydrogen (secondary N) is 2. The Morgan fingerprint density at radius 1 is 1.10 bits per heavy atom. The Morgan fingerprint density at radius 2 is 1.90 bits per heavy atom. The van der Waals surface area contributed by atoms with E-state index in [4.69, 9.17) is 21.2 Å². The number of unbranched alkanes of at least 4 members (excludes halogenated alkanes) is 1. The molecule has 2 aromatic rings. The summed E-state index contributed by atoms with van der Waals surface area (Å²) in [7, 11) is -2.50. The molecule has 1 unspecified atom stereocenters. The zero-order valence-corrected chi connectivity index (χ0v) is 19.3. The van der Waals surface area contributed by atoms with Gasteiger partial charge in [-0.1, -0.05) is 54.4 Å². The summed E-state index contributed by atoms with van der Waals surface area (Å²) in [6, 6.07) is 16.7. The van der Waals surface area contributed by atoms with Crippen LogP contribution in [0.1, 0.15) is 36.8 Å². The topological polar surface area (TPSA) is 79.8 Å². The van der Waals surface area contributed by atoms with Gasteiger partial charge in [-0.05, 0) is 49.1 Å². The minimum absolute atomic E-state index is 0.190. The maximum absolute atomic E-state index is 10.4. The lowest BCUT2D eigenvalue weighted by atomic mass is 9.75. The van der Waals surface area contributed by atoms with E-state index in [0.717, 1.165) is 50.3 Å². The smallest absolute Gasteiger partial charge is 0.384 e. The lowest BCUT2D eigenvalue weighted by molar-refractivity contribution is -0.0652. The largest absolute Gasteiger partial charge is 0.694 e. The first-order valence-electron chi connectivity index (χ1n) is 10.7. The fourth-order valence-corrected chi connectivity index (χ4v) is 4.35. The van der Waals surface area contributed by atoms with Gasteiger partial charge in [-0.3, -0.25) is 0 Å². The van der Waals surface area contributed by atoms with Gasteiger partial charge in [0.2, 0.25) is 0 Å². The second-order valence-electron chi connectivity index (χ2n) is 7.94. The van der Waals surface area contributed by atoms with Gasteiger partial charge < -0.3 is 15.4 Å². The van der Waals surface area contributed by atoms with Crippen LogP contribution in [0.2, 0.25) is 5.02 Å². The van der Waals surface area contributed by atoms with Gasteiger partial charge in [-0.2, -0.15) is 0 Å². The van der Waals surface area contributed by atoms with Gasteiger partial charge in [0.15, 0.2) is 0 Å². The Bertz CT molecular complexity index is 834. The second-order valence-corrected chi connectivity index (χ2v) is 9.08. The monoisotopic (exact) mass is 465 g/mol. The number of halogens is 1. The lowest BCUT2D eigenvalue weighted by Gasteiger charge is -2.42. The molecule has 2 aromatic carbocycles. The first kappa shape index (κ1) is 24.1. The van der Waals surface area contributed by atoms with E-state index in [0.29, 0.717) is 24.5 Å². The molecule has 1 fully saturated rings. The number of anilines is 1. The van der Waals surface area contributed by atoms with Crippen molar-refractivity contribution in [3.8, 4) is 0 Å². The molecule has 0 bridgehead atoms. The van der Waals surface area contributed by atoms with Gasteiger partial charge in [0.05, 0.1) is 23.9 Å². The molecule has 1 saturated heterocycles. The van der Waals surface area contributed by atoms with Gasteiger partial charge in [-0.25, -0.2) is 0 Å². The summed E-state index contributed by atoms with van der Waals surface area (Å²) >= 11 is 6.44. The molecule has 31 heavy (non-hydrogen) atoms. The van der Waals surface area contributed by atoms with E-state index < -0.39 is 8.25 Å². The van der Waals surface area contributed by atoms with Crippen molar-refractivity contribution in [2.45, 2.75) is 37.6 Å². The molecule has 1 aliphatic rings. The first-order valence-corrected chi connectivity index (χ1v) is 12.3. The third-order valence-electron chi connectivity index (χ3n) is 5.60. The standard InChI is InChI=1S/C23H30ClN2O4P/c24-21-15-19(16-25-12-6-14-30-31(27)28)9-10-22(21)26-13-5-4-11-23(17-29-18-23)20-7-2-1-3-8-20/h1-3,7-10,15,25-26H,4-6,11-14,16-18H2/p+1. The molecule has 1 atom stereocenters. The number of benzene rings is 2. The van der Waals surface area contributed by atoms with Crippen LogP contribution in [0.4, 0.5) is 5.69 Å². The van der Waals surface area contributed by atoms with E-state index in [9.17, 15) is 4.57 Å². The molecule has 3 N–H and O–H groups in total. The number of hydrogen-bond acceptors (Lipinski definition) is 5. The third-order valence-corrected chi connectivity index (χ3v) is 6.32. The van der Waals surface area contributed by atoms with Crippen molar-refractivity contribution in [2.75, 3.05) is 38.2 Å².